The van der Waals surface area contributed by atoms with E-state index in [1.807, 2.05) is 26.0 Å². The fourth-order valence-corrected chi connectivity index (χ4v) is 2.91. The normalized spacial score (nSPS) is 21.0. The summed E-state index contributed by atoms with van der Waals surface area (Å²) in [7, 11) is 0. The van der Waals surface area contributed by atoms with Crippen molar-refractivity contribution in [2.24, 2.45) is 0 Å². The van der Waals surface area contributed by atoms with Crippen molar-refractivity contribution in [1.29, 1.82) is 0 Å². The van der Waals surface area contributed by atoms with Gasteiger partial charge in [0.1, 0.15) is 6.04 Å². The molecule has 21 heavy (non-hydrogen) atoms. The lowest BCUT2D eigenvalue weighted by Gasteiger charge is -2.37. The van der Waals surface area contributed by atoms with E-state index in [1.54, 1.807) is 0 Å². The maximum atomic E-state index is 12.1. The van der Waals surface area contributed by atoms with Gasteiger partial charge >= 0.3 is 5.97 Å². The highest BCUT2D eigenvalue weighted by molar-refractivity contribution is 9.10. The first kappa shape index (κ1) is 16.5. The molecular weight excluding hydrogens is 334 g/mol. The summed E-state index contributed by atoms with van der Waals surface area (Å²) in [6.07, 6.45) is 0.765. The topological polar surface area (TPSA) is 38.8 Å². The molecule has 0 N–H and O–H groups in total. The van der Waals surface area contributed by atoms with Gasteiger partial charge in [0.15, 0.2) is 0 Å². The van der Waals surface area contributed by atoms with E-state index in [9.17, 15) is 4.79 Å². The number of ether oxygens (including phenoxy) is 2. The summed E-state index contributed by atoms with van der Waals surface area (Å²) in [5.41, 5.74) is 1.14. The fraction of sp³-hybridized carbons (Fsp3) is 0.562. The van der Waals surface area contributed by atoms with Crippen molar-refractivity contribution in [3.8, 4) is 0 Å². The molecule has 1 aromatic rings. The van der Waals surface area contributed by atoms with Crippen LogP contribution in [0.1, 0.15) is 31.9 Å². The Bertz CT molecular complexity index is 463. The standard InChI is InChI=1S/C16H22BrNO3/c1-3-14(16(19)20-4-2)18-9-10-21-15(11-18)12-5-7-13(17)8-6-12/h5-8,14-15H,3-4,9-11H2,1-2H3. The highest BCUT2D eigenvalue weighted by Gasteiger charge is 2.31. The second-order valence-corrected chi connectivity index (χ2v) is 6.00. The molecule has 2 unspecified atom stereocenters. The third-order valence-corrected chi connectivity index (χ3v) is 4.25. The summed E-state index contributed by atoms with van der Waals surface area (Å²) >= 11 is 3.44. The van der Waals surface area contributed by atoms with E-state index in [4.69, 9.17) is 9.47 Å². The molecule has 0 saturated carbocycles. The van der Waals surface area contributed by atoms with Gasteiger partial charge in [-0.15, -0.1) is 0 Å². The largest absolute Gasteiger partial charge is 0.465 e. The minimum atomic E-state index is -0.174. The molecule has 0 radical (unpaired) electrons. The first-order chi connectivity index (χ1) is 10.2. The number of halogens is 1. The molecule has 4 nitrogen and oxygen atoms in total. The van der Waals surface area contributed by atoms with Gasteiger partial charge < -0.3 is 9.47 Å². The Morgan fingerprint density at radius 1 is 1.43 bits per heavy atom. The number of carbonyl (C=O) groups excluding carboxylic acids is 1. The van der Waals surface area contributed by atoms with Gasteiger partial charge in [0.2, 0.25) is 0 Å². The zero-order chi connectivity index (χ0) is 15.2. The lowest BCUT2D eigenvalue weighted by Crippen LogP contribution is -2.48. The SMILES string of the molecule is CCOC(=O)C(CC)N1CCOC(c2ccc(Br)cc2)C1. The Morgan fingerprint density at radius 3 is 2.76 bits per heavy atom. The molecular formula is C16H22BrNO3. The van der Waals surface area contributed by atoms with Crippen LogP contribution in [0.2, 0.25) is 0 Å². The average Bonchev–Trinajstić information content (AvgIpc) is 2.49. The number of hydrogen-bond acceptors (Lipinski definition) is 4. The molecule has 1 saturated heterocycles. The molecule has 0 aliphatic carbocycles. The molecule has 1 aromatic carbocycles. The Balaban J connectivity index is 2.05. The van der Waals surface area contributed by atoms with Gasteiger partial charge in [-0.2, -0.15) is 0 Å². The summed E-state index contributed by atoms with van der Waals surface area (Å²) in [6, 6.07) is 7.97. The van der Waals surface area contributed by atoms with Gasteiger partial charge in [-0.25, -0.2) is 0 Å². The molecule has 0 amide bonds. The quantitative estimate of drug-likeness (QED) is 0.760. The number of esters is 1. The van der Waals surface area contributed by atoms with Crippen LogP contribution in [0.4, 0.5) is 0 Å². The molecule has 1 aliphatic heterocycles. The molecule has 1 fully saturated rings. The predicted molar refractivity (Wildman–Crippen MR) is 85.1 cm³/mol. The monoisotopic (exact) mass is 355 g/mol. The van der Waals surface area contributed by atoms with Gasteiger partial charge in [0.25, 0.3) is 0 Å². The number of carbonyl (C=O) groups is 1. The minimum absolute atomic E-state index is 0.00956. The van der Waals surface area contributed by atoms with Crippen LogP contribution in [-0.2, 0) is 14.3 Å². The summed E-state index contributed by atoms with van der Waals surface area (Å²) in [4.78, 5) is 14.2. The molecule has 2 atom stereocenters. The number of hydrogen-bond donors (Lipinski definition) is 0. The van der Waals surface area contributed by atoms with Gasteiger partial charge in [-0.1, -0.05) is 35.0 Å². The Hall–Kier alpha value is -0.910. The Kier molecular flexibility index (Phi) is 6.21. The maximum Gasteiger partial charge on any atom is 0.323 e. The van der Waals surface area contributed by atoms with Crippen LogP contribution in [0.15, 0.2) is 28.7 Å². The van der Waals surface area contributed by atoms with Crippen molar-refractivity contribution < 1.29 is 14.3 Å². The minimum Gasteiger partial charge on any atom is -0.465 e. The second-order valence-electron chi connectivity index (χ2n) is 5.08. The molecule has 0 bridgehead atoms. The van der Waals surface area contributed by atoms with Crippen molar-refractivity contribution >= 4 is 21.9 Å². The lowest BCUT2D eigenvalue weighted by atomic mass is 10.1. The van der Waals surface area contributed by atoms with E-state index >= 15 is 0 Å². The molecule has 2 rings (SSSR count). The van der Waals surface area contributed by atoms with Gasteiger partial charge in [0, 0.05) is 17.6 Å². The van der Waals surface area contributed by atoms with E-state index in [0.717, 1.165) is 29.5 Å². The number of nitrogens with zero attached hydrogens (tertiary/aromatic N) is 1. The zero-order valence-electron chi connectivity index (χ0n) is 12.5. The Labute approximate surface area is 134 Å². The lowest BCUT2D eigenvalue weighted by molar-refractivity contribution is -0.153. The summed E-state index contributed by atoms with van der Waals surface area (Å²) < 4.78 is 12.1. The van der Waals surface area contributed by atoms with E-state index in [0.29, 0.717) is 13.2 Å². The average molecular weight is 356 g/mol. The fourth-order valence-electron chi connectivity index (χ4n) is 2.64. The summed E-state index contributed by atoms with van der Waals surface area (Å²) in [5.74, 6) is -0.128. The van der Waals surface area contributed by atoms with Crippen molar-refractivity contribution in [2.45, 2.75) is 32.4 Å². The van der Waals surface area contributed by atoms with E-state index < -0.39 is 0 Å². The van der Waals surface area contributed by atoms with Crippen molar-refractivity contribution in [3.05, 3.63) is 34.3 Å². The van der Waals surface area contributed by atoms with Crippen LogP contribution in [-0.4, -0.2) is 43.2 Å². The zero-order valence-corrected chi connectivity index (χ0v) is 14.1. The molecule has 5 heteroatoms. The third kappa shape index (κ3) is 4.28. The van der Waals surface area contributed by atoms with E-state index in [1.165, 1.54) is 0 Å². The van der Waals surface area contributed by atoms with Crippen LogP contribution >= 0.6 is 15.9 Å². The first-order valence-electron chi connectivity index (χ1n) is 7.43. The van der Waals surface area contributed by atoms with Crippen molar-refractivity contribution in [2.75, 3.05) is 26.3 Å². The highest BCUT2D eigenvalue weighted by Crippen LogP contribution is 2.25. The van der Waals surface area contributed by atoms with Gasteiger partial charge in [0.05, 0.1) is 19.3 Å². The van der Waals surface area contributed by atoms with Crippen LogP contribution < -0.4 is 0 Å². The number of morpholine rings is 1. The van der Waals surface area contributed by atoms with Crippen LogP contribution in [0.3, 0.4) is 0 Å². The summed E-state index contributed by atoms with van der Waals surface area (Å²) in [6.45, 7) is 6.41. The van der Waals surface area contributed by atoms with E-state index in [2.05, 4.69) is 33.0 Å². The van der Waals surface area contributed by atoms with Gasteiger partial charge in [-0.05, 0) is 31.0 Å². The highest BCUT2D eigenvalue weighted by atomic mass is 79.9. The van der Waals surface area contributed by atoms with Crippen molar-refractivity contribution in [1.82, 2.24) is 4.90 Å². The third-order valence-electron chi connectivity index (χ3n) is 3.73. The van der Waals surface area contributed by atoms with Crippen LogP contribution in [0, 0.1) is 0 Å². The molecule has 0 aromatic heterocycles. The summed E-state index contributed by atoms with van der Waals surface area (Å²) in [5, 5.41) is 0. The molecule has 1 heterocycles. The van der Waals surface area contributed by atoms with Crippen LogP contribution in [0.5, 0.6) is 0 Å². The number of benzene rings is 1. The first-order valence-corrected chi connectivity index (χ1v) is 8.22. The number of rotatable bonds is 5. The second kappa shape index (κ2) is 7.92. The van der Waals surface area contributed by atoms with Gasteiger partial charge in [-0.3, -0.25) is 9.69 Å². The predicted octanol–water partition coefficient (Wildman–Crippen LogP) is 3.16. The Morgan fingerprint density at radius 2 is 2.14 bits per heavy atom. The maximum absolute atomic E-state index is 12.1. The molecule has 116 valence electrons. The van der Waals surface area contributed by atoms with Crippen LogP contribution in [0.25, 0.3) is 0 Å². The molecule has 0 spiro atoms. The van der Waals surface area contributed by atoms with Crippen molar-refractivity contribution in [3.63, 3.8) is 0 Å². The molecule has 1 aliphatic rings. The smallest absolute Gasteiger partial charge is 0.323 e. The van der Waals surface area contributed by atoms with E-state index in [-0.39, 0.29) is 18.1 Å².